The molecule has 0 aliphatic carbocycles. The van der Waals surface area contributed by atoms with Crippen LogP contribution in [0.4, 0.5) is 17.5 Å². The highest BCUT2D eigenvalue weighted by Crippen LogP contribution is 2.27. The van der Waals surface area contributed by atoms with Gasteiger partial charge in [0, 0.05) is 28.8 Å². The van der Waals surface area contributed by atoms with Crippen molar-refractivity contribution in [2.45, 2.75) is 26.3 Å². The lowest BCUT2D eigenvalue weighted by molar-refractivity contribution is 0.630. The Kier molecular flexibility index (Phi) is 4.65. The fourth-order valence-corrected chi connectivity index (χ4v) is 3.03. The molecule has 2 N–H and O–H groups in total. The first kappa shape index (κ1) is 17.9. The van der Waals surface area contributed by atoms with Gasteiger partial charge in [0.15, 0.2) is 0 Å². The molecule has 0 aliphatic rings. The molecule has 2 heterocycles. The van der Waals surface area contributed by atoms with Gasteiger partial charge < -0.3 is 10.6 Å². The Bertz CT molecular complexity index is 1100. The number of hydrogen-bond acceptors (Lipinski definition) is 5. The fourth-order valence-electron chi connectivity index (χ4n) is 3.03. The summed E-state index contributed by atoms with van der Waals surface area (Å²) in [5.41, 5.74) is 3.56. The van der Waals surface area contributed by atoms with Gasteiger partial charge in [-0.1, -0.05) is 48.5 Å². The molecule has 2 aromatic carbocycles. The molecule has 4 rings (SSSR count). The molecule has 0 fully saturated rings. The van der Waals surface area contributed by atoms with Gasteiger partial charge in [0.25, 0.3) is 0 Å². The number of pyridine rings is 1. The fraction of sp³-hybridized carbons (Fsp3) is 0.174. The van der Waals surface area contributed by atoms with E-state index in [2.05, 4.69) is 41.4 Å². The quantitative estimate of drug-likeness (QED) is 0.487. The number of aromatic nitrogens is 3. The van der Waals surface area contributed by atoms with E-state index < -0.39 is 0 Å². The largest absolute Gasteiger partial charge is 0.365 e. The second kappa shape index (κ2) is 7.27. The molecule has 140 valence electrons. The summed E-state index contributed by atoms with van der Waals surface area (Å²) in [5, 5.41) is 7.88. The summed E-state index contributed by atoms with van der Waals surface area (Å²) in [5.74, 6) is 1.31. The number of benzene rings is 2. The summed E-state index contributed by atoms with van der Waals surface area (Å²) in [4.78, 5) is 13.9. The lowest BCUT2D eigenvalue weighted by Crippen LogP contribution is -2.26. The van der Waals surface area contributed by atoms with Crippen molar-refractivity contribution in [2.24, 2.45) is 0 Å². The molecule has 0 amide bonds. The number of anilines is 3. The van der Waals surface area contributed by atoms with Crippen LogP contribution >= 0.6 is 0 Å². The van der Waals surface area contributed by atoms with Gasteiger partial charge in [0.1, 0.15) is 5.82 Å². The van der Waals surface area contributed by atoms with Crippen LogP contribution in [0, 0.1) is 0 Å². The molecule has 5 nitrogen and oxygen atoms in total. The third kappa shape index (κ3) is 4.09. The highest BCUT2D eigenvalue weighted by atomic mass is 15.2. The molecular weight excluding hydrogens is 346 g/mol. The first-order valence-corrected chi connectivity index (χ1v) is 9.31. The van der Waals surface area contributed by atoms with Crippen molar-refractivity contribution in [1.82, 2.24) is 15.0 Å². The molecule has 0 spiro atoms. The first-order chi connectivity index (χ1) is 13.5. The van der Waals surface area contributed by atoms with Crippen molar-refractivity contribution in [3.63, 3.8) is 0 Å². The molecule has 0 atom stereocenters. The minimum atomic E-state index is -0.111. The van der Waals surface area contributed by atoms with E-state index in [4.69, 9.17) is 4.98 Å². The van der Waals surface area contributed by atoms with Gasteiger partial charge in [-0.3, -0.25) is 4.98 Å². The molecular formula is C23H23N5. The average molecular weight is 369 g/mol. The third-order valence-corrected chi connectivity index (χ3v) is 4.18. The number of rotatable bonds is 4. The molecule has 5 heteroatoms. The maximum absolute atomic E-state index is 4.75. The van der Waals surface area contributed by atoms with Gasteiger partial charge >= 0.3 is 0 Å². The van der Waals surface area contributed by atoms with Crippen LogP contribution < -0.4 is 10.6 Å². The minimum Gasteiger partial charge on any atom is -0.365 e. The summed E-state index contributed by atoms with van der Waals surface area (Å²) in [6, 6.07) is 22.1. The molecule has 0 saturated heterocycles. The van der Waals surface area contributed by atoms with E-state index >= 15 is 0 Å². The Morgan fingerprint density at radius 3 is 2.39 bits per heavy atom. The number of nitrogens with one attached hydrogen (secondary N) is 2. The Hall–Kier alpha value is -3.47. The predicted octanol–water partition coefficient (Wildman–Crippen LogP) is 5.65. The van der Waals surface area contributed by atoms with Gasteiger partial charge in [-0.2, -0.15) is 4.98 Å². The Morgan fingerprint density at radius 2 is 1.61 bits per heavy atom. The molecule has 0 saturated carbocycles. The van der Waals surface area contributed by atoms with Crippen molar-refractivity contribution in [2.75, 3.05) is 10.6 Å². The van der Waals surface area contributed by atoms with Crippen LogP contribution in [0.5, 0.6) is 0 Å². The van der Waals surface area contributed by atoms with E-state index in [9.17, 15) is 0 Å². The second-order valence-corrected chi connectivity index (χ2v) is 7.71. The van der Waals surface area contributed by atoms with Crippen molar-refractivity contribution in [1.29, 1.82) is 0 Å². The van der Waals surface area contributed by atoms with E-state index in [1.165, 1.54) is 0 Å². The normalized spacial score (nSPS) is 11.4. The zero-order valence-corrected chi connectivity index (χ0v) is 16.3. The van der Waals surface area contributed by atoms with Gasteiger partial charge in [-0.25, -0.2) is 4.98 Å². The molecule has 0 radical (unpaired) electrons. The number of para-hydroxylation sites is 1. The highest BCUT2D eigenvalue weighted by molar-refractivity contribution is 5.91. The van der Waals surface area contributed by atoms with E-state index in [1.54, 1.807) is 6.20 Å². The monoisotopic (exact) mass is 369 g/mol. The van der Waals surface area contributed by atoms with Crippen molar-refractivity contribution in [3.8, 4) is 11.3 Å². The second-order valence-electron chi connectivity index (χ2n) is 7.71. The van der Waals surface area contributed by atoms with Crippen molar-refractivity contribution >= 4 is 28.4 Å². The summed E-state index contributed by atoms with van der Waals surface area (Å²) in [7, 11) is 0. The van der Waals surface area contributed by atoms with E-state index in [0.29, 0.717) is 5.95 Å². The van der Waals surface area contributed by atoms with E-state index in [1.807, 2.05) is 66.7 Å². The van der Waals surface area contributed by atoms with E-state index in [-0.39, 0.29) is 5.54 Å². The maximum Gasteiger partial charge on any atom is 0.229 e. The van der Waals surface area contributed by atoms with Crippen molar-refractivity contribution in [3.05, 3.63) is 72.9 Å². The minimum absolute atomic E-state index is 0.111. The van der Waals surface area contributed by atoms with Crippen LogP contribution in [0.3, 0.4) is 0 Å². The van der Waals surface area contributed by atoms with Gasteiger partial charge in [0.05, 0.1) is 16.9 Å². The number of nitrogens with zero attached hydrogens (tertiary/aromatic N) is 3. The lowest BCUT2D eigenvalue weighted by atomic mass is 10.1. The standard InChI is InChI=1S/C23H23N5/c1-23(2,3)28-20-15-19(16-9-5-4-6-10-16)26-22(27-20)25-18-13-7-11-17-12-8-14-24-21(17)18/h4-15H,1-3H3,(H2,25,26,27,28). The molecule has 0 unspecified atom stereocenters. The zero-order chi connectivity index (χ0) is 19.6. The SMILES string of the molecule is CC(C)(C)Nc1cc(-c2ccccc2)nc(Nc2cccc3cccnc23)n1. The summed E-state index contributed by atoms with van der Waals surface area (Å²) in [6.45, 7) is 6.33. The third-order valence-electron chi connectivity index (χ3n) is 4.18. The van der Waals surface area contributed by atoms with Crippen LogP contribution in [0.15, 0.2) is 72.9 Å². The van der Waals surface area contributed by atoms with E-state index in [0.717, 1.165) is 33.7 Å². The molecule has 28 heavy (non-hydrogen) atoms. The topological polar surface area (TPSA) is 62.7 Å². The maximum atomic E-state index is 4.75. The van der Waals surface area contributed by atoms with Gasteiger partial charge in [0.2, 0.25) is 5.95 Å². The Labute approximate surface area is 164 Å². The summed E-state index contributed by atoms with van der Waals surface area (Å²) < 4.78 is 0. The summed E-state index contributed by atoms with van der Waals surface area (Å²) >= 11 is 0. The van der Waals surface area contributed by atoms with Crippen molar-refractivity contribution < 1.29 is 0 Å². The molecule has 0 aliphatic heterocycles. The number of fused-ring (bicyclic) bond motifs is 1. The molecule has 2 aromatic heterocycles. The van der Waals surface area contributed by atoms with Crippen LogP contribution in [0.2, 0.25) is 0 Å². The first-order valence-electron chi connectivity index (χ1n) is 9.31. The average Bonchev–Trinajstić information content (AvgIpc) is 2.67. The van der Waals surface area contributed by atoms with Gasteiger partial charge in [-0.05, 0) is 32.9 Å². The van der Waals surface area contributed by atoms with Crippen LogP contribution in [-0.2, 0) is 0 Å². The predicted molar refractivity (Wildman–Crippen MR) is 116 cm³/mol. The highest BCUT2D eigenvalue weighted by Gasteiger charge is 2.14. The lowest BCUT2D eigenvalue weighted by Gasteiger charge is -2.22. The van der Waals surface area contributed by atoms with Crippen LogP contribution in [0.25, 0.3) is 22.2 Å². The van der Waals surface area contributed by atoms with Crippen LogP contribution in [0.1, 0.15) is 20.8 Å². The molecule has 0 bridgehead atoms. The van der Waals surface area contributed by atoms with Crippen LogP contribution in [-0.4, -0.2) is 20.5 Å². The number of hydrogen-bond donors (Lipinski definition) is 2. The Morgan fingerprint density at radius 1 is 0.821 bits per heavy atom. The zero-order valence-electron chi connectivity index (χ0n) is 16.3. The smallest absolute Gasteiger partial charge is 0.229 e. The Balaban J connectivity index is 1.78. The molecule has 4 aromatic rings. The van der Waals surface area contributed by atoms with Gasteiger partial charge in [-0.15, -0.1) is 0 Å². The summed E-state index contributed by atoms with van der Waals surface area (Å²) in [6.07, 6.45) is 1.79.